The fraction of sp³-hybridized carbons (Fsp3) is 0.379. The standard InChI is InChI=1S/C29H29F4N5OS/c1-18-15-38-25(19(2)35-27(38)40-18)26(39)34-14-20-3-8-24(23(30)13-20)37-16-28(17-37)9-11-36(12-10-28)22-6-4-21(5-7-22)29(31,32)33/h3-8,13,15H,9-12,14,16-17H2,1-2H3,(H,34,39). The van der Waals surface area contributed by atoms with Gasteiger partial charge in [-0.05, 0) is 68.7 Å². The van der Waals surface area contributed by atoms with Crippen LogP contribution in [0.15, 0.2) is 48.7 Å². The molecule has 2 saturated heterocycles. The molecule has 0 unspecified atom stereocenters. The summed E-state index contributed by atoms with van der Waals surface area (Å²) >= 11 is 1.52. The van der Waals surface area contributed by atoms with Crippen LogP contribution in [0.25, 0.3) is 4.96 Å². The maximum absolute atomic E-state index is 15.1. The van der Waals surface area contributed by atoms with E-state index in [4.69, 9.17) is 0 Å². The predicted molar refractivity (Wildman–Crippen MR) is 148 cm³/mol. The number of fused-ring (bicyclic) bond motifs is 1. The number of piperidine rings is 1. The largest absolute Gasteiger partial charge is 0.416 e. The van der Waals surface area contributed by atoms with E-state index in [0.717, 1.165) is 66.7 Å². The molecule has 0 aliphatic carbocycles. The second kappa shape index (κ2) is 9.79. The number of amides is 1. The van der Waals surface area contributed by atoms with Crippen molar-refractivity contribution in [3.63, 3.8) is 0 Å². The van der Waals surface area contributed by atoms with Crippen molar-refractivity contribution in [3.8, 4) is 0 Å². The molecule has 1 amide bonds. The fourth-order valence-electron chi connectivity index (χ4n) is 5.87. The topological polar surface area (TPSA) is 52.9 Å². The number of carbonyl (C=O) groups excluding carboxylic acids is 1. The van der Waals surface area contributed by atoms with E-state index < -0.39 is 11.7 Å². The van der Waals surface area contributed by atoms with Crippen molar-refractivity contribution in [2.45, 2.75) is 39.4 Å². The second-order valence-electron chi connectivity index (χ2n) is 10.9. The zero-order chi connectivity index (χ0) is 28.2. The second-order valence-corrected chi connectivity index (χ2v) is 12.1. The van der Waals surface area contributed by atoms with Gasteiger partial charge < -0.3 is 15.1 Å². The minimum absolute atomic E-state index is 0.0932. The number of alkyl halides is 3. The molecule has 0 atom stereocenters. The smallest absolute Gasteiger partial charge is 0.371 e. The lowest BCUT2D eigenvalue weighted by atomic mass is 9.71. The molecular weight excluding hydrogens is 542 g/mol. The molecule has 1 spiro atoms. The summed E-state index contributed by atoms with van der Waals surface area (Å²) in [6, 6.07) is 10.4. The zero-order valence-corrected chi connectivity index (χ0v) is 23.0. The summed E-state index contributed by atoms with van der Waals surface area (Å²) < 4.78 is 55.5. The van der Waals surface area contributed by atoms with Crippen LogP contribution in [-0.4, -0.2) is 41.5 Å². The molecule has 2 aromatic heterocycles. The van der Waals surface area contributed by atoms with E-state index in [0.29, 0.717) is 22.6 Å². The normalized spacial score (nSPS) is 16.9. The van der Waals surface area contributed by atoms with Crippen LogP contribution in [-0.2, 0) is 12.7 Å². The molecule has 2 aromatic carbocycles. The van der Waals surface area contributed by atoms with Crippen molar-refractivity contribution in [2.24, 2.45) is 5.41 Å². The number of aromatic nitrogens is 2. The maximum atomic E-state index is 15.1. The van der Waals surface area contributed by atoms with Crippen molar-refractivity contribution in [2.75, 3.05) is 36.0 Å². The number of hydrogen-bond acceptors (Lipinski definition) is 5. The van der Waals surface area contributed by atoms with Gasteiger partial charge in [0.15, 0.2) is 4.96 Å². The third-order valence-electron chi connectivity index (χ3n) is 8.07. The number of anilines is 2. The first kappa shape index (κ1) is 26.6. The molecule has 1 N–H and O–H groups in total. The highest BCUT2D eigenvalue weighted by atomic mass is 32.1. The van der Waals surface area contributed by atoms with Gasteiger partial charge in [0.1, 0.15) is 11.5 Å². The summed E-state index contributed by atoms with van der Waals surface area (Å²) in [5.41, 5.74) is 2.62. The number of nitrogens with one attached hydrogen (secondary N) is 1. The number of halogens is 4. The summed E-state index contributed by atoms with van der Waals surface area (Å²) in [5, 5.41) is 2.89. The number of hydrogen-bond donors (Lipinski definition) is 1. The van der Waals surface area contributed by atoms with Crippen molar-refractivity contribution in [1.29, 1.82) is 0 Å². The number of aryl methyl sites for hydroxylation is 2. The summed E-state index contributed by atoms with van der Waals surface area (Å²) in [5.74, 6) is -0.570. The van der Waals surface area contributed by atoms with Crippen LogP contribution < -0.4 is 15.1 Å². The Bertz CT molecular complexity index is 1560. The van der Waals surface area contributed by atoms with Gasteiger partial charge in [-0.15, -0.1) is 11.3 Å². The van der Waals surface area contributed by atoms with Crippen molar-refractivity contribution >= 4 is 33.6 Å². The molecule has 6 nitrogen and oxygen atoms in total. The van der Waals surface area contributed by atoms with Crippen molar-refractivity contribution in [1.82, 2.24) is 14.7 Å². The maximum Gasteiger partial charge on any atom is 0.416 e. The molecule has 0 saturated carbocycles. The van der Waals surface area contributed by atoms with Crippen LogP contribution in [0.1, 0.15) is 45.0 Å². The van der Waals surface area contributed by atoms with Crippen molar-refractivity contribution < 1.29 is 22.4 Å². The van der Waals surface area contributed by atoms with Crippen LogP contribution in [0, 0.1) is 25.1 Å². The van der Waals surface area contributed by atoms with Crippen molar-refractivity contribution in [3.05, 3.63) is 81.9 Å². The van der Waals surface area contributed by atoms with Gasteiger partial charge in [-0.1, -0.05) is 6.07 Å². The number of rotatable bonds is 5. The minimum Gasteiger partial charge on any atom is -0.371 e. The highest BCUT2D eigenvalue weighted by Gasteiger charge is 2.45. The molecule has 40 heavy (non-hydrogen) atoms. The molecular formula is C29H29F4N5OS. The van der Waals surface area contributed by atoms with Crippen LogP contribution >= 0.6 is 11.3 Å². The average Bonchev–Trinajstić information content (AvgIpc) is 3.39. The number of nitrogens with zero attached hydrogens (tertiary/aromatic N) is 4. The minimum atomic E-state index is -4.34. The van der Waals surface area contributed by atoms with E-state index in [2.05, 4.69) is 15.2 Å². The van der Waals surface area contributed by atoms with Crippen LogP contribution in [0.5, 0.6) is 0 Å². The van der Waals surface area contributed by atoms with E-state index in [1.165, 1.54) is 29.5 Å². The van der Waals surface area contributed by atoms with E-state index in [1.54, 1.807) is 17.4 Å². The summed E-state index contributed by atoms with van der Waals surface area (Å²) in [7, 11) is 0. The van der Waals surface area contributed by atoms with E-state index >= 15 is 4.39 Å². The average molecular weight is 572 g/mol. The van der Waals surface area contributed by atoms with Gasteiger partial charge in [-0.2, -0.15) is 13.2 Å². The van der Waals surface area contributed by atoms with Gasteiger partial charge in [-0.25, -0.2) is 9.37 Å². The quantitative estimate of drug-likeness (QED) is 0.290. The molecule has 2 fully saturated rings. The van der Waals surface area contributed by atoms with Crippen LogP contribution in [0.4, 0.5) is 28.9 Å². The highest BCUT2D eigenvalue weighted by molar-refractivity contribution is 7.17. The number of carbonyl (C=O) groups is 1. The van der Waals surface area contributed by atoms with Gasteiger partial charge in [-0.3, -0.25) is 9.20 Å². The Morgan fingerprint density at radius 2 is 1.75 bits per heavy atom. The molecule has 11 heteroatoms. The first-order valence-electron chi connectivity index (χ1n) is 13.2. The number of imidazole rings is 1. The third-order valence-corrected chi connectivity index (χ3v) is 8.97. The summed E-state index contributed by atoms with van der Waals surface area (Å²) in [4.78, 5) is 23.3. The Hall–Kier alpha value is -3.60. The van der Waals surface area contributed by atoms with Crippen LogP contribution in [0.2, 0.25) is 0 Å². The van der Waals surface area contributed by atoms with Gasteiger partial charge in [0.25, 0.3) is 5.91 Å². The first-order valence-corrected chi connectivity index (χ1v) is 14.0. The van der Waals surface area contributed by atoms with Gasteiger partial charge in [0.2, 0.25) is 0 Å². The predicted octanol–water partition coefficient (Wildman–Crippen LogP) is 6.21. The van der Waals surface area contributed by atoms with E-state index in [9.17, 15) is 18.0 Å². The lowest BCUT2D eigenvalue weighted by Crippen LogP contribution is -2.60. The fourth-order valence-corrected chi connectivity index (χ4v) is 6.74. The SMILES string of the molecule is Cc1cn2c(C(=O)NCc3ccc(N4CC5(CCN(c6ccc(C(F)(F)F)cc6)CC5)C4)c(F)c3)c(C)nc2s1. The Morgan fingerprint density at radius 1 is 1.05 bits per heavy atom. The van der Waals surface area contributed by atoms with Gasteiger partial charge in [0, 0.05) is 54.9 Å². The third kappa shape index (κ3) is 4.91. The molecule has 0 radical (unpaired) electrons. The number of benzene rings is 2. The highest BCUT2D eigenvalue weighted by Crippen LogP contribution is 2.44. The monoisotopic (exact) mass is 571 g/mol. The number of thiazole rings is 1. The summed E-state index contributed by atoms with van der Waals surface area (Å²) in [6.45, 7) is 6.98. The Labute approximate surface area is 233 Å². The molecule has 0 bridgehead atoms. The van der Waals surface area contributed by atoms with Gasteiger partial charge >= 0.3 is 6.18 Å². The van der Waals surface area contributed by atoms with E-state index in [-0.39, 0.29) is 23.7 Å². The zero-order valence-electron chi connectivity index (χ0n) is 22.2. The molecule has 2 aliphatic rings. The Balaban J connectivity index is 1.03. The molecule has 6 rings (SSSR count). The Kier molecular flexibility index (Phi) is 6.52. The van der Waals surface area contributed by atoms with Gasteiger partial charge in [0.05, 0.1) is 16.9 Å². The lowest BCUT2D eigenvalue weighted by molar-refractivity contribution is -0.137. The van der Waals surface area contributed by atoms with Crippen LogP contribution in [0.3, 0.4) is 0 Å². The molecule has 2 aliphatic heterocycles. The first-order chi connectivity index (χ1) is 19.0. The lowest BCUT2D eigenvalue weighted by Gasteiger charge is -2.55. The molecule has 4 aromatic rings. The van der Waals surface area contributed by atoms with E-state index in [1.807, 2.05) is 24.1 Å². The molecule has 4 heterocycles. The summed E-state index contributed by atoms with van der Waals surface area (Å²) in [6.07, 6.45) is -0.637. The Morgan fingerprint density at radius 3 is 2.40 bits per heavy atom. The molecule has 210 valence electrons.